The SMILES string of the molecule is CC(C(=O)NCCC1=CCCCC1)C1CCN(S(=O)(=O)c2ccc(Cl)s2)CC1. The van der Waals surface area contributed by atoms with E-state index >= 15 is 0 Å². The normalized spacial score (nSPS) is 20.6. The Morgan fingerprint density at radius 3 is 2.68 bits per heavy atom. The van der Waals surface area contributed by atoms with Crippen molar-refractivity contribution in [3.05, 3.63) is 28.1 Å². The summed E-state index contributed by atoms with van der Waals surface area (Å²) in [5.74, 6) is 0.205. The molecule has 1 aromatic heterocycles. The molecule has 1 fully saturated rings. The molecule has 3 rings (SSSR count). The van der Waals surface area contributed by atoms with Crippen molar-refractivity contribution in [2.24, 2.45) is 11.8 Å². The van der Waals surface area contributed by atoms with E-state index in [0.717, 1.165) is 24.2 Å². The number of nitrogens with one attached hydrogen (secondary N) is 1. The Labute approximate surface area is 177 Å². The number of allylic oxidation sites excluding steroid dienone is 1. The van der Waals surface area contributed by atoms with Gasteiger partial charge in [0.25, 0.3) is 10.0 Å². The number of halogens is 1. The van der Waals surface area contributed by atoms with Gasteiger partial charge in [-0.2, -0.15) is 4.31 Å². The Morgan fingerprint density at radius 1 is 1.32 bits per heavy atom. The van der Waals surface area contributed by atoms with Gasteiger partial charge in [0, 0.05) is 25.6 Å². The Bertz CT molecular complexity index is 811. The van der Waals surface area contributed by atoms with E-state index in [0.29, 0.717) is 41.0 Å². The third kappa shape index (κ3) is 5.38. The van der Waals surface area contributed by atoms with Gasteiger partial charge in [-0.3, -0.25) is 4.79 Å². The van der Waals surface area contributed by atoms with Crippen molar-refractivity contribution in [2.45, 2.75) is 56.1 Å². The van der Waals surface area contributed by atoms with Crippen LogP contribution < -0.4 is 5.32 Å². The number of amides is 1. The molecule has 1 atom stereocenters. The number of piperidine rings is 1. The summed E-state index contributed by atoms with van der Waals surface area (Å²) in [6.45, 7) is 3.56. The Kier molecular flexibility index (Phi) is 7.59. The lowest BCUT2D eigenvalue weighted by atomic mass is 9.85. The van der Waals surface area contributed by atoms with Crippen molar-refractivity contribution in [2.75, 3.05) is 19.6 Å². The zero-order valence-corrected chi connectivity index (χ0v) is 18.7. The monoisotopic (exact) mass is 444 g/mol. The summed E-state index contributed by atoms with van der Waals surface area (Å²) in [5.41, 5.74) is 1.46. The first-order valence-electron chi connectivity index (χ1n) is 10.1. The van der Waals surface area contributed by atoms with Crippen molar-refractivity contribution in [1.29, 1.82) is 0 Å². The Hall–Kier alpha value is -0.890. The minimum atomic E-state index is -3.48. The predicted octanol–water partition coefficient (Wildman–Crippen LogP) is 4.45. The van der Waals surface area contributed by atoms with Crippen LogP contribution >= 0.6 is 22.9 Å². The molecule has 1 saturated heterocycles. The van der Waals surface area contributed by atoms with Gasteiger partial charge in [-0.1, -0.05) is 30.2 Å². The summed E-state index contributed by atoms with van der Waals surface area (Å²) in [4.78, 5) is 12.5. The molecule has 1 amide bonds. The third-order valence-corrected chi connectivity index (χ3v) is 9.49. The van der Waals surface area contributed by atoms with Crippen molar-refractivity contribution in [3.63, 3.8) is 0 Å². The molecule has 1 aliphatic carbocycles. The second-order valence-corrected chi connectivity index (χ2v) is 11.6. The standard InChI is InChI=1S/C20H29ClN2O3S2/c1-15(20(24)22-12-9-16-5-3-2-4-6-16)17-10-13-23(14-11-17)28(25,26)19-8-7-18(21)27-19/h5,7-8,15,17H,2-4,6,9-14H2,1H3,(H,22,24). The number of hydrogen-bond donors (Lipinski definition) is 1. The van der Waals surface area contributed by atoms with E-state index in [-0.39, 0.29) is 17.7 Å². The smallest absolute Gasteiger partial charge is 0.252 e. The molecule has 0 saturated carbocycles. The van der Waals surface area contributed by atoms with Crippen LogP contribution in [0.4, 0.5) is 0 Å². The van der Waals surface area contributed by atoms with Crippen LogP contribution in [0.3, 0.4) is 0 Å². The number of hydrogen-bond acceptors (Lipinski definition) is 4. The molecule has 2 aliphatic rings. The average Bonchev–Trinajstić information content (AvgIpc) is 3.15. The van der Waals surface area contributed by atoms with Crippen LogP contribution in [-0.2, 0) is 14.8 Å². The molecular formula is C20H29ClN2O3S2. The molecule has 156 valence electrons. The van der Waals surface area contributed by atoms with Gasteiger partial charge < -0.3 is 5.32 Å². The Balaban J connectivity index is 1.45. The molecule has 2 heterocycles. The minimum Gasteiger partial charge on any atom is -0.356 e. The van der Waals surface area contributed by atoms with Crippen LogP contribution in [0.25, 0.3) is 0 Å². The number of nitrogens with zero attached hydrogens (tertiary/aromatic N) is 1. The molecule has 0 bridgehead atoms. The van der Waals surface area contributed by atoms with Crippen molar-refractivity contribution < 1.29 is 13.2 Å². The Morgan fingerprint density at radius 2 is 2.07 bits per heavy atom. The maximum atomic E-state index is 12.7. The van der Waals surface area contributed by atoms with Gasteiger partial charge in [-0.05, 0) is 63.0 Å². The number of rotatable bonds is 7. The zero-order chi connectivity index (χ0) is 20.1. The van der Waals surface area contributed by atoms with Crippen molar-refractivity contribution in [1.82, 2.24) is 9.62 Å². The maximum absolute atomic E-state index is 12.7. The first-order chi connectivity index (χ1) is 13.4. The first-order valence-corrected chi connectivity index (χ1v) is 12.7. The maximum Gasteiger partial charge on any atom is 0.252 e. The van der Waals surface area contributed by atoms with E-state index in [4.69, 9.17) is 11.6 Å². The fraction of sp³-hybridized carbons (Fsp3) is 0.650. The molecule has 28 heavy (non-hydrogen) atoms. The number of thiophene rings is 1. The topological polar surface area (TPSA) is 66.5 Å². The third-order valence-electron chi connectivity index (χ3n) is 5.89. The lowest BCUT2D eigenvalue weighted by Crippen LogP contribution is -2.42. The summed E-state index contributed by atoms with van der Waals surface area (Å²) in [6, 6.07) is 3.17. The van der Waals surface area contributed by atoms with Crippen molar-refractivity contribution >= 4 is 38.9 Å². The van der Waals surface area contributed by atoms with Gasteiger partial charge in [0.15, 0.2) is 0 Å². The predicted molar refractivity (Wildman–Crippen MR) is 114 cm³/mol. The molecule has 0 aromatic carbocycles. The fourth-order valence-corrected chi connectivity index (χ4v) is 7.14. The summed E-state index contributed by atoms with van der Waals surface area (Å²) in [5, 5.41) is 3.07. The lowest BCUT2D eigenvalue weighted by molar-refractivity contribution is -0.126. The van der Waals surface area contributed by atoms with Crippen LogP contribution in [0, 0.1) is 11.8 Å². The van der Waals surface area contributed by atoms with Gasteiger partial charge in [-0.15, -0.1) is 11.3 Å². The van der Waals surface area contributed by atoms with Crippen LogP contribution in [0.2, 0.25) is 4.34 Å². The molecular weight excluding hydrogens is 416 g/mol. The molecule has 1 N–H and O–H groups in total. The molecule has 1 unspecified atom stereocenters. The second-order valence-electron chi connectivity index (χ2n) is 7.74. The van der Waals surface area contributed by atoms with Gasteiger partial charge in [0.1, 0.15) is 4.21 Å². The van der Waals surface area contributed by atoms with Gasteiger partial charge in [0.2, 0.25) is 5.91 Å². The van der Waals surface area contributed by atoms with Gasteiger partial charge >= 0.3 is 0 Å². The first kappa shape index (κ1) is 21.8. The molecule has 8 heteroatoms. The van der Waals surface area contributed by atoms with Crippen LogP contribution in [0.15, 0.2) is 28.0 Å². The zero-order valence-electron chi connectivity index (χ0n) is 16.3. The summed E-state index contributed by atoms with van der Waals surface area (Å²) >= 11 is 6.97. The summed E-state index contributed by atoms with van der Waals surface area (Å²) < 4.78 is 27.7. The fourth-order valence-electron chi connectivity index (χ4n) is 4.03. The number of sulfonamides is 1. The van der Waals surface area contributed by atoms with Crippen molar-refractivity contribution in [3.8, 4) is 0 Å². The summed E-state index contributed by atoms with van der Waals surface area (Å²) in [6.07, 6.45) is 9.54. The van der Waals surface area contributed by atoms with E-state index in [1.54, 1.807) is 12.1 Å². The van der Waals surface area contributed by atoms with E-state index in [1.165, 1.54) is 29.1 Å². The van der Waals surface area contributed by atoms with Crippen LogP contribution in [0.5, 0.6) is 0 Å². The van der Waals surface area contributed by atoms with Crippen LogP contribution in [0.1, 0.15) is 51.9 Å². The minimum absolute atomic E-state index is 0.0859. The average molecular weight is 445 g/mol. The quantitative estimate of drug-likeness (QED) is 0.632. The van der Waals surface area contributed by atoms with E-state index < -0.39 is 10.0 Å². The highest BCUT2D eigenvalue weighted by Gasteiger charge is 2.34. The number of carbonyl (C=O) groups excluding carboxylic acids is 1. The molecule has 1 aromatic rings. The largest absolute Gasteiger partial charge is 0.356 e. The van der Waals surface area contributed by atoms with Crippen LogP contribution in [-0.4, -0.2) is 38.3 Å². The molecule has 5 nitrogen and oxygen atoms in total. The second kappa shape index (κ2) is 9.74. The van der Waals surface area contributed by atoms with E-state index in [9.17, 15) is 13.2 Å². The highest BCUT2D eigenvalue weighted by molar-refractivity contribution is 7.91. The van der Waals surface area contributed by atoms with Gasteiger partial charge in [0.05, 0.1) is 4.34 Å². The van der Waals surface area contributed by atoms with E-state index in [2.05, 4.69) is 11.4 Å². The molecule has 0 spiro atoms. The molecule has 0 radical (unpaired) electrons. The summed E-state index contributed by atoms with van der Waals surface area (Å²) in [7, 11) is -3.48. The number of carbonyl (C=O) groups is 1. The molecule has 1 aliphatic heterocycles. The highest BCUT2D eigenvalue weighted by atomic mass is 35.5. The lowest BCUT2D eigenvalue weighted by Gasteiger charge is -2.33. The van der Waals surface area contributed by atoms with Gasteiger partial charge in [-0.25, -0.2) is 8.42 Å². The highest BCUT2D eigenvalue weighted by Crippen LogP contribution is 2.32. The van der Waals surface area contributed by atoms with E-state index in [1.807, 2.05) is 6.92 Å².